The van der Waals surface area contributed by atoms with Crippen molar-refractivity contribution < 1.29 is 4.86 Å². The van der Waals surface area contributed by atoms with Crippen LogP contribution in [0.25, 0.3) is 0 Å². The predicted octanol–water partition coefficient (Wildman–Crippen LogP) is 2.52. The second-order valence-electron chi connectivity index (χ2n) is 1.92. The average molecular weight is 226 g/mol. The summed E-state index contributed by atoms with van der Waals surface area (Å²) >= 11 is 3.16. The van der Waals surface area contributed by atoms with Crippen molar-refractivity contribution in [1.29, 1.82) is 5.26 Å². The molecule has 0 aliphatic heterocycles. The fourth-order valence-electron chi connectivity index (χ4n) is 0.701. The lowest BCUT2D eigenvalue weighted by Gasteiger charge is -1.97. The molecule has 0 radical (unpaired) electrons. The van der Waals surface area contributed by atoms with E-state index in [1.54, 1.807) is 24.3 Å². The summed E-state index contributed by atoms with van der Waals surface area (Å²) in [5, 5.41) is 22.1. The van der Waals surface area contributed by atoms with Gasteiger partial charge in [-0.3, -0.25) is 0 Å². The van der Waals surface area contributed by atoms with Gasteiger partial charge < -0.3 is 5.21 Å². The number of azo groups is 1. The molecule has 0 fully saturated rings. The summed E-state index contributed by atoms with van der Waals surface area (Å²) in [6.45, 7) is 0. The molecule has 4 nitrogen and oxygen atoms in total. The Hall–Kier alpha value is -1.41. The maximum Gasteiger partial charge on any atom is 0.274 e. The molecule has 0 aromatic heterocycles. The van der Waals surface area contributed by atoms with Crippen LogP contribution in [0.3, 0.4) is 0 Å². The van der Waals surface area contributed by atoms with Gasteiger partial charge in [0, 0.05) is 6.07 Å². The van der Waals surface area contributed by atoms with Gasteiger partial charge in [-0.2, -0.15) is 5.26 Å². The van der Waals surface area contributed by atoms with E-state index in [0.717, 1.165) is 0 Å². The summed E-state index contributed by atoms with van der Waals surface area (Å²) in [5.74, 6) is 0. The van der Waals surface area contributed by atoms with E-state index in [-0.39, 0.29) is 4.86 Å². The number of hydrogen-bond donors (Lipinski definition) is 0. The first-order valence-corrected chi connectivity index (χ1v) is 3.86. The lowest BCUT2D eigenvalue weighted by molar-refractivity contribution is -0.436. The van der Waals surface area contributed by atoms with Crippen molar-refractivity contribution in [2.45, 2.75) is 0 Å². The van der Waals surface area contributed by atoms with E-state index in [2.05, 4.69) is 21.0 Å². The third kappa shape index (κ3) is 1.80. The molecule has 0 N–H and O–H groups in total. The Morgan fingerprint density at radius 2 is 2.17 bits per heavy atom. The molecule has 0 aliphatic rings. The Balaban J connectivity index is 3.13. The Bertz CT molecular complexity index is 356. The predicted molar refractivity (Wildman–Crippen MR) is 45.5 cm³/mol. The highest BCUT2D eigenvalue weighted by molar-refractivity contribution is 9.10. The zero-order valence-electron chi connectivity index (χ0n) is 5.94. The molecule has 0 bridgehead atoms. The van der Waals surface area contributed by atoms with Gasteiger partial charge >= 0.3 is 0 Å². The maximum atomic E-state index is 11.0. The molecule has 0 saturated heterocycles. The van der Waals surface area contributed by atoms with E-state index in [9.17, 15) is 5.21 Å². The summed E-state index contributed by atoms with van der Waals surface area (Å²) in [7, 11) is 0. The topological polar surface area (TPSA) is 62.2 Å². The monoisotopic (exact) mass is 225 g/mol. The second-order valence-corrected chi connectivity index (χ2v) is 2.78. The Labute approximate surface area is 77.5 Å². The molecule has 0 saturated carbocycles. The first kappa shape index (κ1) is 8.68. The Kier molecular flexibility index (Phi) is 2.77. The number of nitriles is 1. The van der Waals surface area contributed by atoms with Crippen LogP contribution in [0.5, 0.6) is 0 Å². The van der Waals surface area contributed by atoms with Crippen molar-refractivity contribution in [2.24, 2.45) is 5.11 Å². The zero-order valence-corrected chi connectivity index (χ0v) is 7.52. The summed E-state index contributed by atoms with van der Waals surface area (Å²) in [4.78, 5) is 0.268. The molecule has 0 atom stereocenters. The van der Waals surface area contributed by atoms with Crippen molar-refractivity contribution in [2.75, 3.05) is 0 Å². The third-order valence-corrected chi connectivity index (χ3v) is 1.86. The van der Waals surface area contributed by atoms with Gasteiger partial charge in [-0.15, -0.1) is 0 Å². The van der Waals surface area contributed by atoms with Crippen LogP contribution in [-0.4, -0.2) is 4.86 Å². The standard InChI is InChI=1S/C7H4BrN3O/c8-6-3-1-2-4-7(6)11(12)10-5-9/h1-4H. The van der Waals surface area contributed by atoms with Crippen LogP contribution >= 0.6 is 15.9 Å². The van der Waals surface area contributed by atoms with Crippen LogP contribution in [-0.2, 0) is 0 Å². The van der Waals surface area contributed by atoms with E-state index < -0.39 is 0 Å². The van der Waals surface area contributed by atoms with Crippen molar-refractivity contribution in [1.82, 2.24) is 0 Å². The first-order chi connectivity index (χ1) is 5.75. The molecule has 1 rings (SSSR count). The van der Waals surface area contributed by atoms with Crippen LogP contribution in [0.15, 0.2) is 33.9 Å². The van der Waals surface area contributed by atoms with Crippen molar-refractivity contribution >= 4 is 21.6 Å². The number of para-hydroxylation sites is 1. The van der Waals surface area contributed by atoms with Crippen molar-refractivity contribution in [3.05, 3.63) is 33.9 Å². The lowest BCUT2D eigenvalue weighted by Crippen LogP contribution is -1.90. The summed E-state index contributed by atoms with van der Waals surface area (Å²) < 4.78 is 0.610. The molecule has 1 aromatic carbocycles. The highest BCUT2D eigenvalue weighted by atomic mass is 79.9. The number of benzene rings is 1. The minimum absolute atomic E-state index is 0.268. The van der Waals surface area contributed by atoms with Crippen LogP contribution in [0.2, 0.25) is 0 Å². The van der Waals surface area contributed by atoms with Gasteiger partial charge in [0.25, 0.3) is 11.9 Å². The van der Waals surface area contributed by atoms with E-state index >= 15 is 0 Å². The minimum atomic E-state index is 0.268. The number of nitrogens with zero attached hydrogens (tertiary/aromatic N) is 3. The normalized spacial score (nSPS) is 10.8. The van der Waals surface area contributed by atoms with Gasteiger partial charge in [-0.05, 0) is 26.9 Å². The molecule has 1 aromatic rings. The highest BCUT2D eigenvalue weighted by Gasteiger charge is 2.06. The fraction of sp³-hybridized carbons (Fsp3) is 0. The molecule has 0 unspecified atom stereocenters. The molecular weight excluding hydrogens is 222 g/mol. The van der Waals surface area contributed by atoms with Gasteiger partial charge in [0.05, 0.1) is 9.59 Å². The summed E-state index contributed by atoms with van der Waals surface area (Å²) in [6, 6.07) is 6.73. The van der Waals surface area contributed by atoms with Gasteiger partial charge in [0.15, 0.2) is 0 Å². The smallest absolute Gasteiger partial charge is 0.274 e. The van der Waals surface area contributed by atoms with E-state index in [1.807, 2.05) is 0 Å². The number of rotatable bonds is 1. The molecular formula is C7H4BrN3O. The average Bonchev–Trinajstić information content (AvgIpc) is 2.05. The van der Waals surface area contributed by atoms with Gasteiger partial charge in [0.1, 0.15) is 0 Å². The highest BCUT2D eigenvalue weighted by Crippen LogP contribution is 2.23. The molecule has 0 amide bonds. The van der Waals surface area contributed by atoms with Crippen LogP contribution in [0, 0.1) is 16.7 Å². The molecule has 12 heavy (non-hydrogen) atoms. The maximum absolute atomic E-state index is 11.0. The lowest BCUT2D eigenvalue weighted by atomic mass is 10.3. The molecule has 0 aliphatic carbocycles. The van der Waals surface area contributed by atoms with Gasteiger partial charge in [0.2, 0.25) is 0 Å². The first-order valence-electron chi connectivity index (χ1n) is 3.07. The van der Waals surface area contributed by atoms with Crippen molar-refractivity contribution in [3.8, 4) is 6.19 Å². The van der Waals surface area contributed by atoms with Crippen LogP contribution in [0.4, 0.5) is 5.69 Å². The number of halogens is 1. The molecule has 0 heterocycles. The van der Waals surface area contributed by atoms with Gasteiger partial charge in [-0.25, -0.2) is 0 Å². The zero-order chi connectivity index (χ0) is 8.97. The van der Waals surface area contributed by atoms with E-state index in [4.69, 9.17) is 5.26 Å². The van der Waals surface area contributed by atoms with E-state index in [0.29, 0.717) is 10.2 Å². The summed E-state index contributed by atoms with van der Waals surface area (Å²) in [5.41, 5.74) is 0.319. The molecule has 0 spiro atoms. The van der Waals surface area contributed by atoms with Crippen LogP contribution in [0.1, 0.15) is 0 Å². The van der Waals surface area contributed by atoms with Crippen molar-refractivity contribution in [3.63, 3.8) is 0 Å². The fourth-order valence-corrected chi connectivity index (χ4v) is 1.14. The minimum Gasteiger partial charge on any atom is -0.593 e. The largest absolute Gasteiger partial charge is 0.593 e. The molecule has 60 valence electrons. The SMILES string of the molecule is N#CN=[N+]([O-])c1ccccc1Br. The van der Waals surface area contributed by atoms with E-state index in [1.165, 1.54) is 6.19 Å². The second kappa shape index (κ2) is 3.83. The van der Waals surface area contributed by atoms with Crippen LogP contribution < -0.4 is 0 Å². The Morgan fingerprint density at radius 1 is 1.50 bits per heavy atom. The molecule has 5 heteroatoms. The summed E-state index contributed by atoms with van der Waals surface area (Å²) in [6.07, 6.45) is 1.41. The third-order valence-electron chi connectivity index (χ3n) is 1.19. The quantitative estimate of drug-likeness (QED) is 0.319. The van der Waals surface area contributed by atoms with Gasteiger partial charge in [-0.1, -0.05) is 12.1 Å². The Morgan fingerprint density at radius 3 is 2.75 bits per heavy atom. The number of hydrogen-bond acceptors (Lipinski definition) is 3.